The molecule has 2 aromatic heterocycles. The summed E-state index contributed by atoms with van der Waals surface area (Å²) < 4.78 is 18.7. The van der Waals surface area contributed by atoms with Gasteiger partial charge in [0.15, 0.2) is 5.82 Å². The van der Waals surface area contributed by atoms with Crippen LogP contribution >= 0.6 is 0 Å². The van der Waals surface area contributed by atoms with E-state index in [4.69, 9.17) is 4.52 Å². The highest BCUT2D eigenvalue weighted by molar-refractivity contribution is 5.94. The van der Waals surface area contributed by atoms with Crippen molar-refractivity contribution < 1.29 is 13.7 Å². The van der Waals surface area contributed by atoms with Crippen LogP contribution in [0.25, 0.3) is 11.6 Å². The minimum absolute atomic E-state index is 0.0350. The summed E-state index contributed by atoms with van der Waals surface area (Å²) >= 11 is 0. The molecule has 4 rings (SSSR count). The zero-order chi connectivity index (χ0) is 18.8. The summed E-state index contributed by atoms with van der Waals surface area (Å²) in [6, 6.07) is 5.74. The molecule has 1 atom stereocenters. The number of carbonyl (C=O) groups is 1. The van der Waals surface area contributed by atoms with E-state index in [0.717, 1.165) is 18.5 Å². The minimum atomic E-state index is -0.420. The molecular weight excluding hydrogens is 349 g/mol. The van der Waals surface area contributed by atoms with Crippen LogP contribution in [0.5, 0.6) is 0 Å². The van der Waals surface area contributed by atoms with Crippen molar-refractivity contribution in [3.8, 4) is 11.6 Å². The number of aryl methyl sites for hydroxylation is 1. The van der Waals surface area contributed by atoms with Gasteiger partial charge in [-0.05, 0) is 38.0 Å². The number of hydrogen-bond donors (Lipinski definition) is 0. The van der Waals surface area contributed by atoms with Crippen LogP contribution in [-0.4, -0.2) is 44.0 Å². The third-order valence-corrected chi connectivity index (χ3v) is 4.59. The van der Waals surface area contributed by atoms with Crippen molar-refractivity contribution in [2.24, 2.45) is 0 Å². The molecule has 138 valence electrons. The van der Waals surface area contributed by atoms with Crippen molar-refractivity contribution >= 4 is 5.91 Å². The van der Waals surface area contributed by atoms with Crippen molar-refractivity contribution in [3.63, 3.8) is 0 Å². The van der Waals surface area contributed by atoms with Crippen molar-refractivity contribution in [1.29, 1.82) is 0 Å². The summed E-state index contributed by atoms with van der Waals surface area (Å²) in [5.74, 6) is 0.214. The number of hydrogen-bond acceptors (Lipinski definition) is 6. The molecule has 1 aliphatic rings. The Morgan fingerprint density at radius 3 is 2.96 bits per heavy atom. The van der Waals surface area contributed by atoms with Crippen LogP contribution in [0.3, 0.4) is 0 Å². The Morgan fingerprint density at radius 1 is 1.30 bits per heavy atom. The fourth-order valence-electron chi connectivity index (χ4n) is 3.18. The first-order valence-electron chi connectivity index (χ1n) is 8.77. The Labute approximate surface area is 155 Å². The maximum Gasteiger partial charge on any atom is 0.278 e. The lowest BCUT2D eigenvalue weighted by molar-refractivity contribution is 0.0703. The van der Waals surface area contributed by atoms with Crippen LogP contribution in [0.1, 0.15) is 40.6 Å². The molecule has 1 aliphatic heterocycles. The van der Waals surface area contributed by atoms with E-state index in [0.29, 0.717) is 36.1 Å². The normalized spacial score (nSPS) is 17.1. The Balaban J connectivity index is 1.50. The Kier molecular flexibility index (Phi) is 4.62. The van der Waals surface area contributed by atoms with Gasteiger partial charge in [0, 0.05) is 30.8 Å². The molecular formula is C19H18FN5O2. The largest absolute Gasteiger partial charge is 0.338 e. The molecule has 0 spiro atoms. The highest BCUT2D eigenvalue weighted by Gasteiger charge is 2.29. The molecule has 7 nitrogen and oxygen atoms in total. The predicted molar refractivity (Wildman–Crippen MR) is 94.3 cm³/mol. The Bertz CT molecular complexity index is 957. The summed E-state index contributed by atoms with van der Waals surface area (Å²) in [5.41, 5.74) is 1.67. The van der Waals surface area contributed by atoms with Crippen LogP contribution in [0.15, 0.2) is 41.2 Å². The quantitative estimate of drug-likeness (QED) is 0.707. The molecule has 1 fully saturated rings. The standard InChI is InChI=1S/C19H18FN5O2/c1-12-9-22-16(10-21-12)18-23-17(24-27-18)14-5-3-7-25(11-14)19(26)13-4-2-6-15(20)8-13/h2,4,6,8-10,14H,3,5,7,11H2,1H3. The molecule has 1 aromatic carbocycles. The molecule has 0 radical (unpaired) electrons. The molecule has 0 bridgehead atoms. The Morgan fingerprint density at radius 2 is 2.19 bits per heavy atom. The van der Waals surface area contributed by atoms with Crippen molar-refractivity contribution in [3.05, 3.63) is 59.6 Å². The first-order valence-corrected chi connectivity index (χ1v) is 8.77. The number of piperidine rings is 1. The lowest BCUT2D eigenvalue weighted by atomic mass is 9.96. The van der Waals surface area contributed by atoms with E-state index in [9.17, 15) is 9.18 Å². The number of carbonyl (C=O) groups excluding carboxylic acids is 1. The van der Waals surface area contributed by atoms with Crippen LogP contribution in [-0.2, 0) is 0 Å². The number of halogens is 1. The minimum Gasteiger partial charge on any atom is -0.338 e. The summed E-state index contributed by atoms with van der Waals surface area (Å²) in [6.07, 6.45) is 4.90. The average Bonchev–Trinajstić information content (AvgIpc) is 3.18. The highest BCUT2D eigenvalue weighted by Crippen LogP contribution is 2.27. The molecule has 3 aromatic rings. The molecule has 8 heteroatoms. The predicted octanol–water partition coefficient (Wildman–Crippen LogP) is 2.99. The van der Waals surface area contributed by atoms with Crippen LogP contribution in [0.2, 0.25) is 0 Å². The topological polar surface area (TPSA) is 85.0 Å². The fourth-order valence-corrected chi connectivity index (χ4v) is 3.18. The Hall–Kier alpha value is -3.16. The van der Waals surface area contributed by atoms with Gasteiger partial charge in [0.2, 0.25) is 0 Å². The van der Waals surface area contributed by atoms with Gasteiger partial charge in [-0.3, -0.25) is 9.78 Å². The monoisotopic (exact) mass is 367 g/mol. The second kappa shape index (κ2) is 7.22. The molecule has 3 heterocycles. The summed E-state index contributed by atoms with van der Waals surface area (Å²) in [5, 5.41) is 4.07. The number of nitrogens with zero attached hydrogens (tertiary/aromatic N) is 5. The maximum atomic E-state index is 13.4. The van der Waals surface area contributed by atoms with Gasteiger partial charge in [0.05, 0.1) is 11.9 Å². The van der Waals surface area contributed by atoms with E-state index in [-0.39, 0.29) is 11.8 Å². The number of rotatable bonds is 3. The molecule has 0 N–H and O–H groups in total. The molecule has 27 heavy (non-hydrogen) atoms. The molecule has 1 saturated heterocycles. The van der Waals surface area contributed by atoms with E-state index in [1.165, 1.54) is 18.2 Å². The second-order valence-corrected chi connectivity index (χ2v) is 6.60. The maximum absolute atomic E-state index is 13.4. The van der Waals surface area contributed by atoms with Crippen molar-refractivity contribution in [2.75, 3.05) is 13.1 Å². The lowest BCUT2D eigenvalue weighted by Gasteiger charge is -2.31. The summed E-state index contributed by atoms with van der Waals surface area (Å²) in [6.45, 7) is 2.94. The third kappa shape index (κ3) is 3.69. The number of aromatic nitrogens is 4. The molecule has 1 unspecified atom stereocenters. The van der Waals surface area contributed by atoms with Crippen LogP contribution < -0.4 is 0 Å². The van der Waals surface area contributed by atoms with Crippen molar-refractivity contribution in [1.82, 2.24) is 25.0 Å². The van der Waals surface area contributed by atoms with E-state index < -0.39 is 5.82 Å². The van der Waals surface area contributed by atoms with Gasteiger partial charge in [-0.1, -0.05) is 11.2 Å². The number of amides is 1. The van der Waals surface area contributed by atoms with Gasteiger partial charge in [-0.25, -0.2) is 9.37 Å². The lowest BCUT2D eigenvalue weighted by Crippen LogP contribution is -2.39. The molecule has 0 saturated carbocycles. The van der Waals surface area contributed by atoms with E-state index in [1.54, 1.807) is 23.4 Å². The van der Waals surface area contributed by atoms with Crippen LogP contribution in [0.4, 0.5) is 4.39 Å². The SMILES string of the molecule is Cc1cnc(-c2nc(C3CCCN(C(=O)c4cccc(F)c4)C3)no2)cn1. The highest BCUT2D eigenvalue weighted by atomic mass is 19.1. The van der Waals surface area contributed by atoms with E-state index in [1.807, 2.05) is 6.92 Å². The third-order valence-electron chi connectivity index (χ3n) is 4.59. The van der Waals surface area contributed by atoms with Gasteiger partial charge >= 0.3 is 0 Å². The molecule has 0 aliphatic carbocycles. The van der Waals surface area contributed by atoms with Gasteiger partial charge < -0.3 is 9.42 Å². The van der Waals surface area contributed by atoms with Gasteiger partial charge in [-0.2, -0.15) is 4.98 Å². The summed E-state index contributed by atoms with van der Waals surface area (Å²) in [4.78, 5) is 27.2. The van der Waals surface area contributed by atoms with E-state index in [2.05, 4.69) is 20.1 Å². The average molecular weight is 367 g/mol. The first kappa shape index (κ1) is 17.3. The van der Waals surface area contributed by atoms with Crippen molar-refractivity contribution in [2.45, 2.75) is 25.7 Å². The van der Waals surface area contributed by atoms with Crippen LogP contribution in [0, 0.1) is 12.7 Å². The molecule has 1 amide bonds. The van der Waals surface area contributed by atoms with Gasteiger partial charge in [-0.15, -0.1) is 0 Å². The number of likely N-dealkylation sites (tertiary alicyclic amines) is 1. The smallest absolute Gasteiger partial charge is 0.278 e. The number of benzene rings is 1. The second-order valence-electron chi connectivity index (χ2n) is 6.60. The first-order chi connectivity index (χ1) is 13.1. The fraction of sp³-hybridized carbons (Fsp3) is 0.316. The van der Waals surface area contributed by atoms with E-state index >= 15 is 0 Å². The summed E-state index contributed by atoms with van der Waals surface area (Å²) in [7, 11) is 0. The zero-order valence-corrected chi connectivity index (χ0v) is 14.8. The van der Waals surface area contributed by atoms with Gasteiger partial charge in [0.1, 0.15) is 11.5 Å². The van der Waals surface area contributed by atoms with Gasteiger partial charge in [0.25, 0.3) is 11.8 Å². The zero-order valence-electron chi connectivity index (χ0n) is 14.8.